The van der Waals surface area contributed by atoms with Gasteiger partial charge in [0.05, 0.1) is 19.8 Å². The van der Waals surface area contributed by atoms with E-state index in [2.05, 4.69) is 10.2 Å². The summed E-state index contributed by atoms with van der Waals surface area (Å²) in [5.74, 6) is 1.08. The number of ether oxygens (including phenoxy) is 2. The monoisotopic (exact) mass is 448 g/mol. The zero-order chi connectivity index (χ0) is 23.0. The van der Waals surface area contributed by atoms with Gasteiger partial charge in [0, 0.05) is 36.3 Å². The molecule has 1 aromatic carbocycles. The molecule has 0 spiro atoms. The van der Waals surface area contributed by atoms with Crippen LogP contribution in [0.5, 0.6) is 11.5 Å². The normalized spacial score (nSPS) is 16.9. The van der Waals surface area contributed by atoms with Gasteiger partial charge in [-0.15, -0.1) is 10.2 Å². The lowest BCUT2D eigenvalue weighted by molar-refractivity contribution is -0.137. The molecule has 32 heavy (non-hydrogen) atoms. The topological polar surface area (TPSA) is 69.0 Å². The van der Waals surface area contributed by atoms with Crippen LogP contribution in [0.2, 0.25) is 0 Å². The molecule has 1 aliphatic heterocycles. The average Bonchev–Trinajstić information content (AvgIpc) is 3.21. The summed E-state index contributed by atoms with van der Waals surface area (Å²) < 4.78 is 51.6. The number of aromatic nitrogens is 3. The van der Waals surface area contributed by atoms with Crippen LogP contribution in [-0.4, -0.2) is 52.7 Å². The smallest absolute Gasteiger partial charge is 0.417 e. The number of halogens is 3. The average molecular weight is 448 g/mol. The van der Waals surface area contributed by atoms with Crippen molar-refractivity contribution < 1.29 is 27.4 Å². The Kier molecular flexibility index (Phi) is 5.70. The number of amides is 1. The van der Waals surface area contributed by atoms with Crippen LogP contribution in [0, 0.1) is 6.92 Å². The molecule has 1 amide bonds. The van der Waals surface area contributed by atoms with Gasteiger partial charge in [0.2, 0.25) is 0 Å². The molecule has 3 aromatic rings. The van der Waals surface area contributed by atoms with Crippen molar-refractivity contribution in [2.75, 3.05) is 27.3 Å². The molecule has 170 valence electrons. The Morgan fingerprint density at radius 1 is 1.12 bits per heavy atom. The van der Waals surface area contributed by atoms with E-state index in [1.807, 2.05) is 6.92 Å². The summed E-state index contributed by atoms with van der Waals surface area (Å²) in [6.07, 6.45) is -2.05. The second-order valence-electron chi connectivity index (χ2n) is 7.80. The van der Waals surface area contributed by atoms with Crippen LogP contribution >= 0.6 is 0 Å². The molecule has 4 rings (SSSR count). The van der Waals surface area contributed by atoms with Gasteiger partial charge >= 0.3 is 6.18 Å². The molecule has 10 heteroatoms. The lowest BCUT2D eigenvalue weighted by Gasteiger charge is -2.32. The highest BCUT2D eigenvalue weighted by molar-refractivity contribution is 5.95. The summed E-state index contributed by atoms with van der Waals surface area (Å²) in [4.78, 5) is 14.9. The molecule has 1 fully saturated rings. The minimum absolute atomic E-state index is 0.198. The first-order valence-corrected chi connectivity index (χ1v) is 10.2. The Morgan fingerprint density at radius 3 is 2.44 bits per heavy atom. The molecular weight excluding hydrogens is 425 g/mol. The van der Waals surface area contributed by atoms with Gasteiger partial charge in [-0.25, -0.2) is 0 Å². The van der Waals surface area contributed by atoms with E-state index in [-0.39, 0.29) is 11.8 Å². The SMILES string of the molecule is COc1cc(C(=O)N2CCCC(c3nnc4ccc(C(F)(F)F)cn34)C2)cc(OC)c1C. The molecule has 1 saturated heterocycles. The number of rotatable bonds is 4. The molecule has 0 N–H and O–H groups in total. The van der Waals surface area contributed by atoms with E-state index >= 15 is 0 Å². The zero-order valence-corrected chi connectivity index (χ0v) is 17.9. The second-order valence-corrected chi connectivity index (χ2v) is 7.80. The van der Waals surface area contributed by atoms with Crippen LogP contribution in [0.15, 0.2) is 30.5 Å². The first-order valence-electron chi connectivity index (χ1n) is 10.2. The highest BCUT2D eigenvalue weighted by Gasteiger charge is 2.33. The fourth-order valence-corrected chi connectivity index (χ4v) is 4.12. The second kappa shape index (κ2) is 8.33. The molecule has 0 radical (unpaired) electrons. The van der Waals surface area contributed by atoms with Crippen LogP contribution in [0.3, 0.4) is 0 Å². The molecule has 0 saturated carbocycles. The lowest BCUT2D eigenvalue weighted by atomic mass is 9.96. The van der Waals surface area contributed by atoms with Gasteiger partial charge in [-0.3, -0.25) is 9.20 Å². The molecule has 1 unspecified atom stereocenters. The predicted molar refractivity (Wildman–Crippen MR) is 110 cm³/mol. The number of alkyl halides is 3. The number of benzene rings is 1. The quantitative estimate of drug-likeness (QED) is 0.601. The Morgan fingerprint density at radius 2 is 1.81 bits per heavy atom. The van der Waals surface area contributed by atoms with Crippen molar-refractivity contribution in [2.45, 2.75) is 31.9 Å². The van der Waals surface area contributed by atoms with Gasteiger partial charge in [-0.1, -0.05) is 0 Å². The van der Waals surface area contributed by atoms with Crippen molar-refractivity contribution in [3.8, 4) is 11.5 Å². The number of hydrogen-bond donors (Lipinski definition) is 0. The van der Waals surface area contributed by atoms with Crippen molar-refractivity contribution in [3.05, 3.63) is 53.0 Å². The molecule has 1 atom stereocenters. The number of likely N-dealkylation sites (tertiary alicyclic amines) is 1. The molecule has 0 bridgehead atoms. The van der Waals surface area contributed by atoms with E-state index in [4.69, 9.17) is 9.47 Å². The molecule has 3 heterocycles. The van der Waals surface area contributed by atoms with Gasteiger partial charge in [0.15, 0.2) is 5.65 Å². The van der Waals surface area contributed by atoms with Crippen molar-refractivity contribution in [2.24, 2.45) is 0 Å². The molecule has 1 aliphatic rings. The van der Waals surface area contributed by atoms with Crippen LogP contribution < -0.4 is 9.47 Å². The molecule has 2 aromatic heterocycles. The molecule has 0 aliphatic carbocycles. The number of carbonyl (C=O) groups excluding carboxylic acids is 1. The largest absolute Gasteiger partial charge is 0.496 e. The number of pyridine rings is 1. The fourth-order valence-electron chi connectivity index (χ4n) is 4.12. The van der Waals surface area contributed by atoms with Crippen molar-refractivity contribution in [1.82, 2.24) is 19.5 Å². The van der Waals surface area contributed by atoms with Gasteiger partial charge in [0.25, 0.3) is 5.91 Å². The minimum Gasteiger partial charge on any atom is -0.496 e. The maximum atomic E-state index is 13.2. The third-order valence-corrected chi connectivity index (χ3v) is 5.83. The number of carbonyl (C=O) groups is 1. The Labute approximate surface area is 182 Å². The number of methoxy groups -OCH3 is 2. The number of nitrogens with zero attached hydrogens (tertiary/aromatic N) is 4. The van der Waals surface area contributed by atoms with Crippen LogP contribution in [0.1, 0.15) is 46.1 Å². The fraction of sp³-hybridized carbons (Fsp3) is 0.409. The van der Waals surface area contributed by atoms with Gasteiger partial charge in [-0.05, 0) is 44.0 Å². The summed E-state index contributed by atoms with van der Waals surface area (Å²) in [5, 5.41) is 8.15. The summed E-state index contributed by atoms with van der Waals surface area (Å²) in [6, 6.07) is 5.64. The third kappa shape index (κ3) is 3.96. The van der Waals surface area contributed by atoms with E-state index in [1.165, 1.54) is 24.7 Å². The van der Waals surface area contributed by atoms with Crippen molar-refractivity contribution in [1.29, 1.82) is 0 Å². The zero-order valence-electron chi connectivity index (χ0n) is 17.9. The minimum atomic E-state index is -4.46. The summed E-state index contributed by atoms with van der Waals surface area (Å²) >= 11 is 0. The Bertz CT molecular complexity index is 1130. The highest BCUT2D eigenvalue weighted by Crippen LogP contribution is 2.33. The molecular formula is C22H23F3N4O3. The summed E-state index contributed by atoms with van der Waals surface area (Å²) in [5.41, 5.74) is 0.784. The first kappa shape index (κ1) is 21.9. The Hall–Kier alpha value is -3.30. The van der Waals surface area contributed by atoms with E-state index in [0.717, 1.165) is 17.8 Å². The van der Waals surface area contributed by atoms with Gasteiger partial charge in [-0.2, -0.15) is 13.2 Å². The summed E-state index contributed by atoms with van der Waals surface area (Å²) in [6.45, 7) is 2.71. The van der Waals surface area contributed by atoms with E-state index < -0.39 is 11.7 Å². The van der Waals surface area contributed by atoms with E-state index in [1.54, 1.807) is 17.0 Å². The van der Waals surface area contributed by atoms with Crippen LogP contribution in [0.25, 0.3) is 5.65 Å². The van der Waals surface area contributed by atoms with Gasteiger partial charge in [0.1, 0.15) is 17.3 Å². The maximum absolute atomic E-state index is 13.2. The Balaban J connectivity index is 1.62. The highest BCUT2D eigenvalue weighted by atomic mass is 19.4. The van der Waals surface area contributed by atoms with Crippen LogP contribution in [0.4, 0.5) is 13.2 Å². The predicted octanol–water partition coefficient (Wildman–Crippen LogP) is 4.09. The standard InChI is InChI=1S/C22H23F3N4O3/c1-13-17(31-2)9-15(10-18(13)32-3)21(30)28-8-4-5-14(11-28)20-27-26-19-7-6-16(12-29(19)20)22(23,24)25/h6-7,9-10,12,14H,4-5,8,11H2,1-3H3. The summed E-state index contributed by atoms with van der Waals surface area (Å²) in [7, 11) is 3.05. The van der Waals surface area contributed by atoms with E-state index in [0.29, 0.717) is 54.5 Å². The van der Waals surface area contributed by atoms with Crippen molar-refractivity contribution >= 4 is 11.6 Å². The van der Waals surface area contributed by atoms with E-state index in [9.17, 15) is 18.0 Å². The number of fused-ring (bicyclic) bond motifs is 1. The van der Waals surface area contributed by atoms with Crippen LogP contribution in [-0.2, 0) is 6.18 Å². The van der Waals surface area contributed by atoms with Crippen molar-refractivity contribution in [3.63, 3.8) is 0 Å². The molecule has 7 nitrogen and oxygen atoms in total. The third-order valence-electron chi connectivity index (χ3n) is 5.83. The van der Waals surface area contributed by atoms with Gasteiger partial charge < -0.3 is 14.4 Å². The number of hydrogen-bond acceptors (Lipinski definition) is 5. The maximum Gasteiger partial charge on any atom is 0.417 e. The number of piperidine rings is 1. The first-order chi connectivity index (χ1) is 15.2. The lowest BCUT2D eigenvalue weighted by Crippen LogP contribution is -2.39.